The molecule has 0 radical (unpaired) electrons. The second kappa shape index (κ2) is 6.54. The summed E-state index contributed by atoms with van der Waals surface area (Å²) >= 11 is 7.18. The Morgan fingerprint density at radius 3 is 2.82 bits per heavy atom. The number of esters is 1. The number of likely N-dealkylation sites (tertiary alicyclic amines) is 1. The molecule has 1 atom stereocenters. The molecular formula is C16H22N2O2S2. The van der Waals surface area contributed by atoms with Gasteiger partial charge in [0, 0.05) is 18.0 Å². The Kier molecular flexibility index (Phi) is 4.68. The molecule has 1 aromatic rings. The van der Waals surface area contributed by atoms with E-state index < -0.39 is 0 Å². The number of carbonyl (C=O) groups excluding carboxylic acids is 1. The molecular weight excluding hydrogens is 316 g/mol. The maximum atomic E-state index is 12.2. The fourth-order valence-corrected chi connectivity index (χ4v) is 5.00. The average molecular weight is 338 g/mol. The van der Waals surface area contributed by atoms with Crippen molar-refractivity contribution in [1.29, 1.82) is 0 Å². The summed E-state index contributed by atoms with van der Waals surface area (Å²) in [6.07, 6.45) is 5.50. The zero-order valence-corrected chi connectivity index (χ0v) is 14.7. The van der Waals surface area contributed by atoms with E-state index in [1.807, 2.05) is 0 Å². The molecule has 0 saturated carbocycles. The highest BCUT2D eigenvalue weighted by Crippen LogP contribution is 2.40. The van der Waals surface area contributed by atoms with Crippen LogP contribution in [0.3, 0.4) is 0 Å². The lowest BCUT2D eigenvalue weighted by molar-refractivity contribution is 0.0601. The molecule has 3 rings (SSSR count). The van der Waals surface area contributed by atoms with Gasteiger partial charge in [-0.15, -0.1) is 11.3 Å². The molecule has 0 amide bonds. The van der Waals surface area contributed by atoms with Crippen LogP contribution in [0, 0.1) is 5.92 Å². The Morgan fingerprint density at radius 1 is 1.41 bits per heavy atom. The molecule has 1 saturated heterocycles. The van der Waals surface area contributed by atoms with Gasteiger partial charge in [0.1, 0.15) is 5.00 Å². The number of ether oxygens (including phenoxy) is 1. The van der Waals surface area contributed by atoms with Crippen molar-refractivity contribution in [1.82, 2.24) is 4.90 Å². The molecule has 1 aliphatic heterocycles. The van der Waals surface area contributed by atoms with Gasteiger partial charge in [-0.1, -0.05) is 6.92 Å². The largest absolute Gasteiger partial charge is 0.465 e. The van der Waals surface area contributed by atoms with Crippen LogP contribution in [0.4, 0.5) is 5.00 Å². The summed E-state index contributed by atoms with van der Waals surface area (Å²) in [6, 6.07) is 0. The van der Waals surface area contributed by atoms with Crippen molar-refractivity contribution in [2.75, 3.05) is 25.5 Å². The van der Waals surface area contributed by atoms with Gasteiger partial charge in [-0.2, -0.15) is 0 Å². The van der Waals surface area contributed by atoms with Gasteiger partial charge in [0.25, 0.3) is 0 Å². The first kappa shape index (κ1) is 15.7. The second-order valence-electron chi connectivity index (χ2n) is 6.17. The minimum atomic E-state index is -0.251. The van der Waals surface area contributed by atoms with Crippen LogP contribution in [0.5, 0.6) is 0 Å². The van der Waals surface area contributed by atoms with E-state index in [2.05, 4.69) is 17.1 Å². The third-order valence-corrected chi connectivity index (χ3v) is 6.04. The van der Waals surface area contributed by atoms with E-state index >= 15 is 0 Å². The number of carbonyl (C=O) groups is 1. The first-order chi connectivity index (χ1) is 10.6. The number of fused-ring (bicyclic) bond motifs is 1. The van der Waals surface area contributed by atoms with Crippen LogP contribution in [0.25, 0.3) is 0 Å². The maximum Gasteiger partial charge on any atom is 0.341 e. The Balaban J connectivity index is 1.89. The first-order valence-electron chi connectivity index (χ1n) is 7.89. The van der Waals surface area contributed by atoms with E-state index in [-0.39, 0.29) is 5.97 Å². The van der Waals surface area contributed by atoms with Crippen LogP contribution in [-0.2, 0) is 17.6 Å². The fraction of sp³-hybridized carbons (Fsp3) is 0.625. The molecule has 22 heavy (non-hydrogen) atoms. The molecule has 0 unspecified atom stereocenters. The fourth-order valence-electron chi connectivity index (χ4n) is 3.25. The number of hydrogen-bond donors (Lipinski definition) is 1. The van der Waals surface area contributed by atoms with Crippen LogP contribution in [0.15, 0.2) is 0 Å². The van der Waals surface area contributed by atoms with Crippen LogP contribution in [0.2, 0.25) is 0 Å². The lowest BCUT2D eigenvalue weighted by Crippen LogP contribution is -2.32. The standard InChI is InChI=1S/C16H22N2O2S2/c1-10-5-6-11-12(9-10)22-14(13(11)15(19)20-2)17-16(21)18-7-3-4-8-18/h10H,3-9H2,1-2H3,(H,17,21)/t10-/m1/s1. The topological polar surface area (TPSA) is 41.6 Å². The number of nitrogens with zero attached hydrogens (tertiary/aromatic N) is 1. The van der Waals surface area contributed by atoms with Crippen LogP contribution in [0.1, 0.15) is 47.0 Å². The molecule has 6 heteroatoms. The Morgan fingerprint density at radius 2 is 2.14 bits per heavy atom. The van der Waals surface area contributed by atoms with Crippen molar-refractivity contribution in [3.8, 4) is 0 Å². The molecule has 120 valence electrons. The number of thiocarbonyl (C=S) groups is 1. The predicted octanol–water partition coefficient (Wildman–Crippen LogP) is 3.45. The molecule has 1 N–H and O–H groups in total. The monoisotopic (exact) mass is 338 g/mol. The van der Waals surface area contributed by atoms with Crippen molar-refractivity contribution >= 4 is 39.6 Å². The summed E-state index contributed by atoms with van der Waals surface area (Å²) in [6.45, 7) is 4.27. The lowest BCUT2D eigenvalue weighted by atomic mass is 9.88. The number of rotatable bonds is 2. The van der Waals surface area contributed by atoms with Crippen molar-refractivity contribution in [2.24, 2.45) is 5.92 Å². The van der Waals surface area contributed by atoms with Crippen molar-refractivity contribution in [3.63, 3.8) is 0 Å². The number of hydrogen-bond acceptors (Lipinski definition) is 4. The molecule has 1 aromatic heterocycles. The van der Waals surface area contributed by atoms with Gasteiger partial charge in [0.05, 0.1) is 12.7 Å². The van der Waals surface area contributed by atoms with Gasteiger partial charge in [0.15, 0.2) is 5.11 Å². The lowest BCUT2D eigenvalue weighted by Gasteiger charge is -2.19. The number of methoxy groups -OCH3 is 1. The van der Waals surface area contributed by atoms with E-state index in [1.54, 1.807) is 11.3 Å². The summed E-state index contributed by atoms with van der Waals surface area (Å²) in [4.78, 5) is 15.7. The number of nitrogens with one attached hydrogen (secondary N) is 1. The highest BCUT2D eigenvalue weighted by Gasteiger charge is 2.29. The van der Waals surface area contributed by atoms with Gasteiger partial charge in [0.2, 0.25) is 0 Å². The Labute approximate surface area is 140 Å². The van der Waals surface area contributed by atoms with E-state index in [0.717, 1.165) is 42.5 Å². The first-order valence-corrected chi connectivity index (χ1v) is 9.11. The number of thiophene rings is 1. The Hall–Kier alpha value is -1.14. The minimum absolute atomic E-state index is 0.251. The zero-order chi connectivity index (χ0) is 15.7. The molecule has 1 aliphatic carbocycles. The van der Waals surface area contributed by atoms with Gasteiger partial charge in [-0.25, -0.2) is 4.79 Å². The summed E-state index contributed by atoms with van der Waals surface area (Å²) < 4.78 is 5.01. The molecule has 2 heterocycles. The van der Waals surface area contributed by atoms with Crippen LogP contribution < -0.4 is 5.32 Å². The minimum Gasteiger partial charge on any atom is -0.465 e. The summed E-state index contributed by atoms with van der Waals surface area (Å²) in [5.74, 6) is 0.425. The average Bonchev–Trinajstić information content (AvgIpc) is 3.13. The SMILES string of the molecule is COC(=O)c1c(NC(=S)N2CCCC2)sc2c1CC[C@@H](C)C2. The zero-order valence-electron chi connectivity index (χ0n) is 13.1. The van der Waals surface area contributed by atoms with Crippen LogP contribution >= 0.6 is 23.6 Å². The van der Waals surface area contributed by atoms with Crippen molar-refractivity contribution in [3.05, 3.63) is 16.0 Å². The quantitative estimate of drug-likeness (QED) is 0.661. The van der Waals surface area contributed by atoms with Gasteiger partial charge < -0.3 is 15.0 Å². The molecule has 0 spiro atoms. The van der Waals surface area contributed by atoms with E-state index in [1.165, 1.54) is 30.4 Å². The smallest absolute Gasteiger partial charge is 0.341 e. The summed E-state index contributed by atoms with van der Waals surface area (Å²) in [7, 11) is 1.44. The highest BCUT2D eigenvalue weighted by atomic mass is 32.1. The second-order valence-corrected chi connectivity index (χ2v) is 7.66. The third kappa shape index (κ3) is 2.99. The summed E-state index contributed by atoms with van der Waals surface area (Å²) in [5.41, 5.74) is 1.87. The van der Waals surface area contributed by atoms with Crippen molar-refractivity contribution < 1.29 is 9.53 Å². The predicted molar refractivity (Wildman–Crippen MR) is 93.9 cm³/mol. The third-order valence-electron chi connectivity index (χ3n) is 4.51. The van der Waals surface area contributed by atoms with Gasteiger partial charge in [-0.3, -0.25) is 0 Å². The molecule has 2 aliphatic rings. The molecule has 1 fully saturated rings. The summed E-state index contributed by atoms with van der Waals surface area (Å²) in [5, 5.41) is 4.91. The Bertz CT molecular complexity index is 591. The highest BCUT2D eigenvalue weighted by molar-refractivity contribution is 7.80. The van der Waals surface area contributed by atoms with Gasteiger partial charge in [-0.05, 0) is 55.8 Å². The van der Waals surface area contributed by atoms with E-state index in [9.17, 15) is 4.79 Å². The van der Waals surface area contributed by atoms with Crippen LogP contribution in [-0.4, -0.2) is 36.2 Å². The normalized spacial score (nSPS) is 20.6. The van der Waals surface area contributed by atoms with E-state index in [4.69, 9.17) is 17.0 Å². The maximum absolute atomic E-state index is 12.2. The molecule has 0 bridgehead atoms. The van der Waals surface area contributed by atoms with Crippen molar-refractivity contribution in [2.45, 2.75) is 39.0 Å². The number of anilines is 1. The van der Waals surface area contributed by atoms with E-state index in [0.29, 0.717) is 11.5 Å². The van der Waals surface area contributed by atoms with Gasteiger partial charge >= 0.3 is 5.97 Å². The molecule has 4 nitrogen and oxygen atoms in total. The molecule has 0 aromatic carbocycles.